The van der Waals surface area contributed by atoms with Crippen LogP contribution in [0.4, 0.5) is 5.69 Å². The monoisotopic (exact) mass is 377 g/mol. The molecule has 0 radical (unpaired) electrons. The highest BCUT2D eigenvalue weighted by atomic mass is 35.5. The van der Waals surface area contributed by atoms with Crippen molar-refractivity contribution in [3.63, 3.8) is 0 Å². The first-order chi connectivity index (χ1) is 13.1. The van der Waals surface area contributed by atoms with Crippen LogP contribution in [0.2, 0.25) is 5.02 Å². The van der Waals surface area contributed by atoms with Gasteiger partial charge in [-0.05, 0) is 41.5 Å². The number of carboxylic acid groups (broad SMARTS) is 1. The van der Waals surface area contributed by atoms with Gasteiger partial charge in [-0.2, -0.15) is 0 Å². The first kappa shape index (κ1) is 17.3. The van der Waals surface area contributed by atoms with Crippen LogP contribution in [0.5, 0.6) is 0 Å². The molecular weight excluding hydrogens is 362 g/mol. The highest BCUT2D eigenvalue weighted by molar-refractivity contribution is 6.30. The Morgan fingerprint density at radius 2 is 1.52 bits per heavy atom. The Hall–Kier alpha value is -3.11. The molecule has 0 spiro atoms. The van der Waals surface area contributed by atoms with Crippen molar-refractivity contribution in [3.8, 4) is 0 Å². The van der Waals surface area contributed by atoms with E-state index in [1.165, 1.54) is 0 Å². The average Bonchev–Trinajstić information content (AvgIpc) is 2.69. The molecule has 5 heteroatoms. The second-order valence-corrected chi connectivity index (χ2v) is 6.85. The van der Waals surface area contributed by atoms with Gasteiger partial charge in [0.2, 0.25) is 0 Å². The van der Waals surface area contributed by atoms with E-state index in [1.54, 1.807) is 53.4 Å². The first-order valence-electron chi connectivity index (χ1n) is 8.54. The molecule has 0 unspecified atom stereocenters. The van der Waals surface area contributed by atoms with Crippen LogP contribution in [0, 0.1) is 0 Å². The normalized spacial score (nSPS) is 18.9. The van der Waals surface area contributed by atoms with Crippen molar-refractivity contribution in [2.24, 2.45) is 0 Å². The van der Waals surface area contributed by atoms with Crippen LogP contribution in [-0.4, -0.2) is 17.0 Å². The van der Waals surface area contributed by atoms with E-state index < -0.39 is 17.9 Å². The van der Waals surface area contributed by atoms with Crippen LogP contribution in [0.3, 0.4) is 0 Å². The number of amides is 1. The van der Waals surface area contributed by atoms with Gasteiger partial charge in [-0.15, -0.1) is 0 Å². The number of carbonyl (C=O) groups excluding carboxylic acids is 1. The lowest BCUT2D eigenvalue weighted by atomic mass is 9.79. The van der Waals surface area contributed by atoms with E-state index in [4.69, 9.17) is 11.6 Å². The lowest BCUT2D eigenvalue weighted by Crippen LogP contribution is -2.45. The van der Waals surface area contributed by atoms with Crippen molar-refractivity contribution in [1.82, 2.24) is 0 Å². The van der Waals surface area contributed by atoms with E-state index in [1.807, 2.05) is 30.3 Å². The standard InChI is InChI=1S/C22H16ClNO3/c23-15-12-10-14(11-13-15)20-19(22(26)27)17-8-4-5-9-18(17)21(25)24(20)16-6-2-1-3-7-16/h1-13,19-20H,(H,26,27)/t19-,20-/m0/s1. The first-order valence-corrected chi connectivity index (χ1v) is 8.91. The Kier molecular flexibility index (Phi) is 4.42. The molecule has 1 aliphatic heterocycles. The Balaban J connectivity index is 1.98. The van der Waals surface area contributed by atoms with Gasteiger partial charge < -0.3 is 5.11 Å². The summed E-state index contributed by atoms with van der Waals surface area (Å²) in [6.07, 6.45) is 0. The third-order valence-electron chi connectivity index (χ3n) is 4.85. The Bertz CT molecular complexity index is 1000. The number of fused-ring (bicyclic) bond motifs is 1. The zero-order valence-electron chi connectivity index (χ0n) is 14.2. The SMILES string of the molecule is O=C(O)[C@H]1c2ccccc2C(=O)N(c2ccccc2)[C@H]1c1ccc(Cl)cc1. The fourth-order valence-corrected chi connectivity index (χ4v) is 3.80. The number of aliphatic carboxylic acids is 1. The topological polar surface area (TPSA) is 57.6 Å². The summed E-state index contributed by atoms with van der Waals surface area (Å²) < 4.78 is 0. The highest BCUT2D eigenvalue weighted by Gasteiger charge is 2.44. The third kappa shape index (κ3) is 2.98. The van der Waals surface area contributed by atoms with Gasteiger partial charge in [-0.25, -0.2) is 0 Å². The fourth-order valence-electron chi connectivity index (χ4n) is 3.67. The van der Waals surface area contributed by atoms with Crippen molar-refractivity contribution >= 4 is 29.2 Å². The maximum atomic E-state index is 13.3. The molecule has 4 rings (SSSR count). The van der Waals surface area contributed by atoms with Gasteiger partial charge in [0, 0.05) is 16.3 Å². The summed E-state index contributed by atoms with van der Waals surface area (Å²) >= 11 is 6.02. The summed E-state index contributed by atoms with van der Waals surface area (Å²) in [7, 11) is 0. The zero-order valence-corrected chi connectivity index (χ0v) is 15.0. The van der Waals surface area contributed by atoms with Crippen molar-refractivity contribution in [2.75, 3.05) is 4.90 Å². The Morgan fingerprint density at radius 1 is 0.889 bits per heavy atom. The number of halogens is 1. The van der Waals surface area contributed by atoms with Gasteiger partial charge in [0.15, 0.2) is 0 Å². The summed E-state index contributed by atoms with van der Waals surface area (Å²) in [6, 6.07) is 22.4. The summed E-state index contributed by atoms with van der Waals surface area (Å²) in [6.45, 7) is 0. The van der Waals surface area contributed by atoms with E-state index in [9.17, 15) is 14.7 Å². The minimum absolute atomic E-state index is 0.214. The van der Waals surface area contributed by atoms with Gasteiger partial charge in [0.25, 0.3) is 5.91 Å². The second kappa shape index (κ2) is 6.89. The van der Waals surface area contributed by atoms with E-state index in [0.717, 1.165) is 5.56 Å². The summed E-state index contributed by atoms with van der Waals surface area (Å²) in [5, 5.41) is 10.6. The van der Waals surface area contributed by atoms with Gasteiger partial charge in [-0.3, -0.25) is 14.5 Å². The van der Waals surface area contributed by atoms with Crippen molar-refractivity contribution < 1.29 is 14.7 Å². The van der Waals surface area contributed by atoms with E-state index in [-0.39, 0.29) is 5.91 Å². The molecule has 0 aromatic heterocycles. The highest BCUT2D eigenvalue weighted by Crippen LogP contribution is 2.45. The molecule has 1 amide bonds. The van der Waals surface area contributed by atoms with Crippen LogP contribution >= 0.6 is 11.6 Å². The summed E-state index contributed by atoms with van der Waals surface area (Å²) in [4.78, 5) is 27.2. The van der Waals surface area contributed by atoms with Gasteiger partial charge in [-0.1, -0.05) is 60.1 Å². The maximum Gasteiger partial charge on any atom is 0.313 e. The lowest BCUT2D eigenvalue weighted by molar-refractivity contribution is -0.139. The van der Waals surface area contributed by atoms with Gasteiger partial charge in [0.05, 0.1) is 6.04 Å². The van der Waals surface area contributed by atoms with Crippen LogP contribution < -0.4 is 4.90 Å². The van der Waals surface area contributed by atoms with Crippen molar-refractivity contribution in [1.29, 1.82) is 0 Å². The van der Waals surface area contributed by atoms with E-state index in [2.05, 4.69) is 0 Å². The summed E-state index contributed by atoms with van der Waals surface area (Å²) in [5.41, 5.74) is 2.32. The number of hydrogen-bond donors (Lipinski definition) is 1. The second-order valence-electron chi connectivity index (χ2n) is 6.41. The fraction of sp³-hybridized carbons (Fsp3) is 0.0909. The molecule has 0 bridgehead atoms. The molecule has 4 nitrogen and oxygen atoms in total. The minimum Gasteiger partial charge on any atom is -0.481 e. The molecule has 1 heterocycles. The number of benzene rings is 3. The smallest absolute Gasteiger partial charge is 0.313 e. The average molecular weight is 378 g/mol. The predicted octanol–water partition coefficient (Wildman–Crippen LogP) is 4.91. The molecule has 0 aliphatic carbocycles. The van der Waals surface area contributed by atoms with Crippen LogP contribution in [0.25, 0.3) is 0 Å². The molecule has 0 saturated carbocycles. The molecule has 2 atom stereocenters. The summed E-state index contributed by atoms with van der Waals surface area (Å²) in [5.74, 6) is -2.08. The molecule has 3 aromatic carbocycles. The van der Waals surface area contributed by atoms with Crippen LogP contribution in [0.1, 0.15) is 33.4 Å². The molecule has 27 heavy (non-hydrogen) atoms. The van der Waals surface area contributed by atoms with Crippen molar-refractivity contribution in [3.05, 3.63) is 101 Å². The van der Waals surface area contributed by atoms with Gasteiger partial charge >= 0.3 is 5.97 Å². The molecule has 1 aliphatic rings. The third-order valence-corrected chi connectivity index (χ3v) is 5.10. The predicted molar refractivity (Wildman–Crippen MR) is 104 cm³/mol. The number of para-hydroxylation sites is 1. The largest absolute Gasteiger partial charge is 0.481 e. The maximum absolute atomic E-state index is 13.3. The molecule has 1 N–H and O–H groups in total. The Labute approximate surface area is 161 Å². The molecule has 0 saturated heterocycles. The minimum atomic E-state index is -0.976. The van der Waals surface area contributed by atoms with E-state index >= 15 is 0 Å². The van der Waals surface area contributed by atoms with Crippen LogP contribution in [-0.2, 0) is 4.79 Å². The van der Waals surface area contributed by atoms with Crippen LogP contribution in [0.15, 0.2) is 78.9 Å². The molecule has 3 aromatic rings. The number of hydrogen-bond acceptors (Lipinski definition) is 2. The molecular formula is C22H16ClNO3. The number of rotatable bonds is 3. The Morgan fingerprint density at radius 3 is 2.19 bits per heavy atom. The molecule has 0 fully saturated rings. The van der Waals surface area contributed by atoms with Gasteiger partial charge in [0.1, 0.15) is 5.92 Å². The number of nitrogens with zero attached hydrogens (tertiary/aromatic N) is 1. The number of anilines is 1. The quantitative estimate of drug-likeness (QED) is 0.705. The lowest BCUT2D eigenvalue weighted by Gasteiger charge is -2.40. The van der Waals surface area contributed by atoms with E-state index in [0.29, 0.717) is 21.8 Å². The van der Waals surface area contributed by atoms with Crippen molar-refractivity contribution in [2.45, 2.75) is 12.0 Å². The molecule has 134 valence electrons. The zero-order chi connectivity index (χ0) is 19.0. The number of carbonyl (C=O) groups is 2. The number of carboxylic acids is 1.